The number of nitrogens with zero attached hydrogens (tertiary/aromatic N) is 4. The number of aryl methyl sites for hydroxylation is 2. The van der Waals surface area contributed by atoms with Crippen LogP contribution in [0.15, 0.2) is 23.8 Å². The molecule has 0 spiro atoms. The molecule has 0 saturated carbocycles. The maximum Gasteiger partial charge on any atom is 0.204 e. The molecule has 0 aliphatic heterocycles. The van der Waals surface area contributed by atoms with Gasteiger partial charge in [-0.15, -0.1) is 0 Å². The van der Waals surface area contributed by atoms with E-state index in [1.165, 1.54) is 0 Å². The van der Waals surface area contributed by atoms with Crippen LogP contribution in [0.2, 0.25) is 0 Å². The predicted octanol–water partition coefficient (Wildman–Crippen LogP) is 1.71. The summed E-state index contributed by atoms with van der Waals surface area (Å²) in [4.78, 5) is 18.9. The van der Waals surface area contributed by atoms with Gasteiger partial charge in [-0.05, 0) is 26.7 Å². The van der Waals surface area contributed by atoms with E-state index < -0.39 is 0 Å². The highest BCUT2D eigenvalue weighted by molar-refractivity contribution is 7.98. The van der Waals surface area contributed by atoms with Gasteiger partial charge in [0.15, 0.2) is 6.19 Å². The SMILES string of the molecule is Cc1[nH]cnc1CSCC(C)NC(=NCCCc1c[nH]cn1)NC#N. The zero-order valence-electron chi connectivity index (χ0n) is 14.5. The minimum Gasteiger partial charge on any atom is -0.352 e. The lowest BCUT2D eigenvalue weighted by Gasteiger charge is -2.15. The zero-order chi connectivity index (χ0) is 17.9. The average molecular weight is 360 g/mol. The van der Waals surface area contributed by atoms with Gasteiger partial charge < -0.3 is 15.3 Å². The van der Waals surface area contributed by atoms with Crippen LogP contribution < -0.4 is 10.6 Å². The van der Waals surface area contributed by atoms with Gasteiger partial charge in [0.25, 0.3) is 0 Å². The Morgan fingerprint density at radius 3 is 3.00 bits per heavy atom. The van der Waals surface area contributed by atoms with Crippen LogP contribution in [0.1, 0.15) is 30.4 Å². The molecule has 9 heteroatoms. The van der Waals surface area contributed by atoms with Crippen molar-refractivity contribution in [3.05, 3.63) is 35.9 Å². The Bertz CT molecular complexity index is 685. The molecule has 0 aliphatic rings. The first kappa shape index (κ1) is 18.9. The summed E-state index contributed by atoms with van der Waals surface area (Å²) >= 11 is 1.80. The number of aromatic nitrogens is 4. The molecular formula is C16H24N8S. The van der Waals surface area contributed by atoms with E-state index in [1.54, 1.807) is 24.4 Å². The molecule has 0 fully saturated rings. The fraction of sp³-hybridized carbons (Fsp3) is 0.500. The summed E-state index contributed by atoms with van der Waals surface area (Å²) in [6, 6.07) is 0.190. The molecule has 0 aromatic carbocycles. The molecule has 0 bridgehead atoms. The second kappa shape index (κ2) is 10.4. The van der Waals surface area contributed by atoms with Crippen LogP contribution in [0.3, 0.4) is 0 Å². The molecule has 0 radical (unpaired) electrons. The highest BCUT2D eigenvalue weighted by Gasteiger charge is 2.07. The lowest BCUT2D eigenvalue weighted by Crippen LogP contribution is -2.41. The molecule has 25 heavy (non-hydrogen) atoms. The van der Waals surface area contributed by atoms with Crippen molar-refractivity contribution >= 4 is 17.7 Å². The van der Waals surface area contributed by atoms with Crippen LogP contribution in [0.25, 0.3) is 0 Å². The van der Waals surface area contributed by atoms with E-state index in [4.69, 9.17) is 5.26 Å². The van der Waals surface area contributed by atoms with E-state index in [9.17, 15) is 0 Å². The lowest BCUT2D eigenvalue weighted by molar-refractivity contribution is 0.718. The van der Waals surface area contributed by atoms with Crippen LogP contribution >= 0.6 is 11.8 Å². The van der Waals surface area contributed by atoms with Crippen molar-refractivity contribution < 1.29 is 0 Å². The normalized spacial score (nSPS) is 12.6. The second-order valence-corrected chi connectivity index (χ2v) is 6.70. The molecule has 1 unspecified atom stereocenters. The maximum atomic E-state index is 8.87. The summed E-state index contributed by atoms with van der Waals surface area (Å²) in [7, 11) is 0. The van der Waals surface area contributed by atoms with Crippen molar-refractivity contribution in [3.63, 3.8) is 0 Å². The van der Waals surface area contributed by atoms with Gasteiger partial charge in [0, 0.05) is 36.0 Å². The number of aliphatic imine (C=N–C) groups is 1. The number of aromatic amines is 2. The Morgan fingerprint density at radius 2 is 2.32 bits per heavy atom. The number of guanidine groups is 1. The van der Waals surface area contributed by atoms with Crippen LogP contribution in [-0.2, 0) is 12.2 Å². The first-order chi connectivity index (χ1) is 12.2. The molecule has 2 heterocycles. The van der Waals surface area contributed by atoms with E-state index in [0.29, 0.717) is 12.5 Å². The number of nitrogens with one attached hydrogen (secondary N) is 4. The molecule has 2 rings (SSSR count). The Morgan fingerprint density at radius 1 is 1.44 bits per heavy atom. The first-order valence-corrected chi connectivity index (χ1v) is 9.35. The standard InChI is InChI=1S/C16H24N8S/c1-12(7-25-8-15-13(2)21-11-23-15)24-16(20-9-17)19-5-3-4-14-6-18-10-22-14/h6,10-12H,3-5,7-8H2,1-2H3,(H,18,22)(H,21,23)(H2,19,20,24). The number of hydrogen-bond donors (Lipinski definition) is 4. The molecular weight excluding hydrogens is 336 g/mol. The fourth-order valence-electron chi connectivity index (χ4n) is 2.19. The third kappa shape index (κ3) is 6.89. The molecule has 2 aromatic heterocycles. The van der Waals surface area contributed by atoms with Crippen molar-refractivity contribution in [3.8, 4) is 6.19 Å². The Balaban J connectivity index is 1.70. The van der Waals surface area contributed by atoms with Crippen LogP contribution in [0.4, 0.5) is 0 Å². The van der Waals surface area contributed by atoms with Gasteiger partial charge in [-0.1, -0.05) is 0 Å². The average Bonchev–Trinajstić information content (AvgIpc) is 3.24. The maximum absolute atomic E-state index is 8.87. The van der Waals surface area contributed by atoms with Gasteiger partial charge in [-0.25, -0.2) is 9.97 Å². The molecule has 0 amide bonds. The van der Waals surface area contributed by atoms with E-state index in [0.717, 1.165) is 41.4 Å². The molecule has 2 aromatic rings. The van der Waals surface area contributed by atoms with Crippen LogP contribution in [0.5, 0.6) is 0 Å². The summed E-state index contributed by atoms with van der Waals surface area (Å²) in [6.07, 6.45) is 8.95. The first-order valence-electron chi connectivity index (χ1n) is 8.19. The Hall–Kier alpha value is -2.47. The number of rotatable bonds is 9. The van der Waals surface area contributed by atoms with Crippen LogP contribution in [-0.4, -0.2) is 44.2 Å². The zero-order valence-corrected chi connectivity index (χ0v) is 15.4. The Kier molecular flexibility index (Phi) is 7.85. The minimum atomic E-state index is 0.190. The number of H-pyrrole nitrogens is 2. The summed E-state index contributed by atoms with van der Waals surface area (Å²) < 4.78 is 0. The van der Waals surface area contributed by atoms with Crippen molar-refractivity contribution in [1.29, 1.82) is 5.26 Å². The highest BCUT2D eigenvalue weighted by atomic mass is 32.2. The minimum absolute atomic E-state index is 0.190. The molecule has 134 valence electrons. The quantitative estimate of drug-likeness (QED) is 0.178. The number of imidazole rings is 2. The van der Waals surface area contributed by atoms with E-state index in [2.05, 4.69) is 42.5 Å². The molecule has 8 nitrogen and oxygen atoms in total. The van der Waals surface area contributed by atoms with Gasteiger partial charge in [0.2, 0.25) is 5.96 Å². The third-order valence-electron chi connectivity index (χ3n) is 3.51. The highest BCUT2D eigenvalue weighted by Crippen LogP contribution is 2.13. The molecule has 4 N–H and O–H groups in total. The third-order valence-corrected chi connectivity index (χ3v) is 4.73. The summed E-state index contributed by atoms with van der Waals surface area (Å²) in [5.41, 5.74) is 3.22. The monoisotopic (exact) mass is 360 g/mol. The Labute approximate surface area is 152 Å². The van der Waals surface area contributed by atoms with E-state index in [-0.39, 0.29) is 6.04 Å². The smallest absolute Gasteiger partial charge is 0.204 e. The predicted molar refractivity (Wildman–Crippen MR) is 100 cm³/mol. The van der Waals surface area contributed by atoms with E-state index in [1.807, 2.05) is 19.3 Å². The molecule has 1 atom stereocenters. The van der Waals surface area contributed by atoms with Crippen molar-refractivity contribution in [1.82, 2.24) is 30.6 Å². The van der Waals surface area contributed by atoms with Crippen molar-refractivity contribution in [2.75, 3.05) is 12.3 Å². The second-order valence-electron chi connectivity index (χ2n) is 5.67. The van der Waals surface area contributed by atoms with Gasteiger partial charge in [0.05, 0.1) is 24.0 Å². The number of nitriles is 1. The van der Waals surface area contributed by atoms with Gasteiger partial charge in [-0.3, -0.25) is 10.3 Å². The van der Waals surface area contributed by atoms with Gasteiger partial charge >= 0.3 is 0 Å². The van der Waals surface area contributed by atoms with Crippen molar-refractivity contribution in [2.45, 2.75) is 38.5 Å². The summed E-state index contributed by atoms with van der Waals surface area (Å²) in [6.45, 7) is 4.73. The largest absolute Gasteiger partial charge is 0.352 e. The summed E-state index contributed by atoms with van der Waals surface area (Å²) in [5, 5.41) is 14.7. The lowest BCUT2D eigenvalue weighted by atomic mass is 10.2. The van der Waals surface area contributed by atoms with Crippen LogP contribution in [0, 0.1) is 18.4 Å². The number of hydrogen-bond acceptors (Lipinski definition) is 5. The fourth-order valence-corrected chi connectivity index (χ4v) is 3.23. The van der Waals surface area contributed by atoms with Gasteiger partial charge in [-0.2, -0.15) is 17.0 Å². The summed E-state index contributed by atoms with van der Waals surface area (Å²) in [5.74, 6) is 2.28. The van der Waals surface area contributed by atoms with Crippen molar-refractivity contribution in [2.24, 2.45) is 4.99 Å². The van der Waals surface area contributed by atoms with Gasteiger partial charge in [0.1, 0.15) is 0 Å². The molecule has 0 saturated heterocycles. The molecule has 0 aliphatic carbocycles. The number of thioether (sulfide) groups is 1. The topological polar surface area (TPSA) is 118 Å². The van der Waals surface area contributed by atoms with E-state index >= 15 is 0 Å².